The van der Waals surface area contributed by atoms with E-state index in [1.807, 2.05) is 23.9 Å². The predicted molar refractivity (Wildman–Crippen MR) is 173 cm³/mol. The Morgan fingerprint density at radius 1 is 0.553 bits per heavy atom. The first kappa shape index (κ1) is 30.6. The van der Waals surface area contributed by atoms with Crippen molar-refractivity contribution in [1.82, 2.24) is 0 Å². The fraction of sp³-hybridized carbons (Fsp3) is 0.556. The molecule has 0 amide bonds. The van der Waals surface area contributed by atoms with E-state index in [0.717, 1.165) is 6.54 Å². The van der Waals surface area contributed by atoms with Gasteiger partial charge in [-0.1, -0.05) is 165 Å². The molecule has 2 aromatic rings. The molecule has 0 atom stereocenters. The van der Waals surface area contributed by atoms with Crippen molar-refractivity contribution in [3.63, 3.8) is 0 Å². The Kier molecular flexibility index (Phi) is 14.8. The highest BCUT2D eigenvalue weighted by atomic mass is 32.2. The quantitative estimate of drug-likeness (QED) is 0.147. The summed E-state index contributed by atoms with van der Waals surface area (Å²) in [5.41, 5.74) is 5.05. The first-order chi connectivity index (χ1) is 18.8. The summed E-state index contributed by atoms with van der Waals surface area (Å²) in [6.07, 6.45) is 29.4. The van der Waals surface area contributed by atoms with E-state index in [1.54, 1.807) is 0 Å². The normalized spacial score (nSPS) is 12.3. The van der Waals surface area contributed by atoms with Crippen LogP contribution in [0.1, 0.15) is 134 Å². The molecule has 1 aliphatic heterocycles. The molecule has 1 aliphatic rings. The van der Waals surface area contributed by atoms with E-state index < -0.39 is 0 Å². The zero-order valence-electron chi connectivity index (χ0n) is 24.3. The highest BCUT2D eigenvalue weighted by molar-refractivity contribution is 7.99. The van der Waals surface area contributed by atoms with Gasteiger partial charge < -0.3 is 4.90 Å². The van der Waals surface area contributed by atoms with Gasteiger partial charge in [-0.05, 0) is 41.8 Å². The van der Waals surface area contributed by atoms with Gasteiger partial charge in [-0.15, -0.1) is 0 Å². The van der Waals surface area contributed by atoms with Crippen molar-refractivity contribution in [3.05, 3.63) is 60.7 Å². The van der Waals surface area contributed by atoms with E-state index in [4.69, 9.17) is 0 Å². The zero-order chi connectivity index (χ0) is 26.8. The van der Waals surface area contributed by atoms with Crippen LogP contribution < -0.4 is 4.90 Å². The topological polar surface area (TPSA) is 3.24 Å². The summed E-state index contributed by atoms with van der Waals surface area (Å²) in [6.45, 7) is 11.3. The van der Waals surface area contributed by atoms with Gasteiger partial charge in [0.2, 0.25) is 0 Å². The molecule has 0 fully saturated rings. The number of fused-ring (bicyclic) bond motifs is 2. The number of hydrogen-bond donors (Lipinski definition) is 0. The molecule has 2 aromatic carbocycles. The molecule has 0 aromatic heterocycles. The van der Waals surface area contributed by atoms with E-state index in [1.165, 1.54) is 148 Å². The van der Waals surface area contributed by atoms with Gasteiger partial charge in [0.05, 0.1) is 11.4 Å². The summed E-state index contributed by atoms with van der Waals surface area (Å²) in [6, 6.07) is 13.5. The van der Waals surface area contributed by atoms with Crippen LogP contribution in [0.5, 0.6) is 0 Å². The third kappa shape index (κ3) is 10.3. The molecule has 1 nitrogen and oxygen atoms in total. The molecule has 3 rings (SSSR count). The molecule has 0 saturated heterocycles. The van der Waals surface area contributed by atoms with E-state index in [2.05, 4.69) is 61.4 Å². The second kappa shape index (κ2) is 18.4. The Bertz CT molecular complexity index is 904. The van der Waals surface area contributed by atoms with Crippen LogP contribution in [-0.2, 0) is 0 Å². The lowest BCUT2D eigenvalue weighted by Crippen LogP contribution is -2.22. The number of nitrogens with zero attached hydrogens (tertiary/aromatic N) is 1. The average molecular weight is 532 g/mol. The molecule has 0 N–H and O–H groups in total. The first-order valence-corrected chi connectivity index (χ1v) is 16.6. The molecule has 1 heterocycles. The van der Waals surface area contributed by atoms with Gasteiger partial charge in [0.25, 0.3) is 0 Å². The summed E-state index contributed by atoms with van der Waals surface area (Å²) < 4.78 is 0. The van der Waals surface area contributed by atoms with Crippen LogP contribution in [0.15, 0.2) is 59.3 Å². The Labute approximate surface area is 239 Å². The molecule has 0 saturated carbocycles. The van der Waals surface area contributed by atoms with Crippen molar-refractivity contribution in [2.75, 3.05) is 11.4 Å². The van der Waals surface area contributed by atoms with Gasteiger partial charge >= 0.3 is 0 Å². The molecule has 208 valence electrons. The van der Waals surface area contributed by atoms with E-state index in [0.29, 0.717) is 0 Å². The van der Waals surface area contributed by atoms with Crippen LogP contribution in [0.2, 0.25) is 0 Å². The highest BCUT2D eigenvalue weighted by Gasteiger charge is 2.23. The van der Waals surface area contributed by atoms with Crippen LogP contribution in [0, 0.1) is 0 Å². The van der Waals surface area contributed by atoms with Crippen molar-refractivity contribution in [3.8, 4) is 0 Å². The summed E-state index contributed by atoms with van der Waals surface area (Å²) >= 11 is 1.87. The second-order valence-corrected chi connectivity index (χ2v) is 12.2. The largest absolute Gasteiger partial charge is 0.340 e. The molecular formula is C36H53NS. The Morgan fingerprint density at radius 2 is 0.921 bits per heavy atom. The molecule has 38 heavy (non-hydrogen) atoms. The van der Waals surface area contributed by atoms with E-state index >= 15 is 0 Å². The number of unbranched alkanes of at least 4 members (excludes halogenated alkanes) is 17. The van der Waals surface area contributed by atoms with Crippen LogP contribution in [-0.4, -0.2) is 6.54 Å². The summed E-state index contributed by atoms with van der Waals surface area (Å²) in [4.78, 5) is 5.20. The van der Waals surface area contributed by atoms with E-state index in [9.17, 15) is 0 Å². The fourth-order valence-corrected chi connectivity index (χ4v) is 6.78. The lowest BCUT2D eigenvalue weighted by Gasteiger charge is -2.33. The molecule has 2 heteroatoms. The minimum absolute atomic E-state index is 1.08. The van der Waals surface area contributed by atoms with Crippen LogP contribution >= 0.6 is 11.8 Å². The zero-order valence-corrected chi connectivity index (χ0v) is 25.1. The van der Waals surface area contributed by atoms with Crippen molar-refractivity contribution >= 4 is 35.3 Å². The third-order valence-electron chi connectivity index (χ3n) is 7.98. The highest BCUT2D eigenvalue weighted by Crippen LogP contribution is 2.49. The molecule has 0 radical (unpaired) electrons. The lowest BCUT2D eigenvalue weighted by atomic mass is 10.0. The van der Waals surface area contributed by atoms with Crippen molar-refractivity contribution in [2.45, 2.75) is 132 Å². The second-order valence-electron chi connectivity index (χ2n) is 11.1. The summed E-state index contributed by atoms with van der Waals surface area (Å²) in [7, 11) is 0. The SMILES string of the molecule is C=Cc1ccc2c(c1)Sc1cc(C=C)ccc1N2CCCCCCCCCCCCCCCCCCCC. The molecule has 0 aliphatic carbocycles. The van der Waals surface area contributed by atoms with Gasteiger partial charge in [-0.2, -0.15) is 0 Å². The van der Waals surface area contributed by atoms with Crippen LogP contribution in [0.3, 0.4) is 0 Å². The Hall–Kier alpha value is -1.93. The maximum Gasteiger partial charge on any atom is 0.0553 e. The van der Waals surface area contributed by atoms with Gasteiger partial charge in [0.15, 0.2) is 0 Å². The maximum absolute atomic E-state index is 3.96. The van der Waals surface area contributed by atoms with Gasteiger partial charge in [-0.25, -0.2) is 0 Å². The minimum Gasteiger partial charge on any atom is -0.340 e. The molecule has 0 bridgehead atoms. The molecular weight excluding hydrogens is 478 g/mol. The predicted octanol–water partition coefficient (Wildman–Crippen LogP) is 12.6. The van der Waals surface area contributed by atoms with Gasteiger partial charge in [0, 0.05) is 16.3 Å². The Morgan fingerprint density at radius 3 is 1.29 bits per heavy atom. The fourth-order valence-electron chi connectivity index (χ4n) is 5.59. The minimum atomic E-state index is 1.08. The van der Waals surface area contributed by atoms with Crippen LogP contribution in [0.4, 0.5) is 11.4 Å². The Balaban J connectivity index is 1.27. The summed E-state index contributed by atoms with van der Waals surface area (Å²) in [5.74, 6) is 0. The number of benzene rings is 2. The van der Waals surface area contributed by atoms with Crippen molar-refractivity contribution in [2.24, 2.45) is 0 Å². The van der Waals surface area contributed by atoms with Crippen molar-refractivity contribution < 1.29 is 0 Å². The number of hydrogen-bond acceptors (Lipinski definition) is 2. The number of anilines is 2. The van der Waals surface area contributed by atoms with Crippen molar-refractivity contribution in [1.29, 1.82) is 0 Å². The first-order valence-electron chi connectivity index (χ1n) is 15.7. The van der Waals surface area contributed by atoms with E-state index in [-0.39, 0.29) is 0 Å². The van der Waals surface area contributed by atoms with Crippen LogP contribution in [0.25, 0.3) is 12.2 Å². The maximum atomic E-state index is 3.96. The monoisotopic (exact) mass is 531 g/mol. The van der Waals surface area contributed by atoms with Gasteiger partial charge in [0.1, 0.15) is 0 Å². The lowest BCUT2D eigenvalue weighted by molar-refractivity contribution is 0.525. The molecule has 0 spiro atoms. The van der Waals surface area contributed by atoms with Gasteiger partial charge in [-0.3, -0.25) is 0 Å². The molecule has 0 unspecified atom stereocenters. The summed E-state index contributed by atoms with van der Waals surface area (Å²) in [5, 5.41) is 0. The number of rotatable bonds is 21. The smallest absolute Gasteiger partial charge is 0.0553 e. The average Bonchev–Trinajstić information content (AvgIpc) is 2.95. The standard InChI is InChI=1S/C36H53NS/c1-4-7-8-9-10-11-12-13-14-15-16-17-18-19-20-21-22-23-28-37-33-26-24-31(5-2)29-35(33)38-36-30-32(6-3)25-27-34(36)37/h5-6,24-27,29-30H,2-4,7-23,28H2,1H3. The third-order valence-corrected chi connectivity index (χ3v) is 9.07.